The number of benzene rings is 1. The molecule has 2 rings (SSSR count). The minimum Gasteiger partial charge on any atom is -0.508 e. The van der Waals surface area contributed by atoms with Gasteiger partial charge in [0.1, 0.15) is 5.75 Å². The van der Waals surface area contributed by atoms with Crippen molar-refractivity contribution in [2.24, 2.45) is 4.99 Å². The lowest BCUT2D eigenvalue weighted by molar-refractivity contribution is -0.142. The number of rotatable bonds is 5. The van der Waals surface area contributed by atoms with Crippen molar-refractivity contribution in [1.29, 1.82) is 0 Å². The van der Waals surface area contributed by atoms with Crippen molar-refractivity contribution in [1.82, 2.24) is 4.98 Å². The molecular weight excluding hydrogens is 268 g/mol. The topological polar surface area (TPSA) is 71.8 Å². The van der Waals surface area contributed by atoms with Crippen molar-refractivity contribution >= 4 is 12.2 Å². The van der Waals surface area contributed by atoms with Crippen LogP contribution in [0.25, 0.3) is 0 Å². The van der Waals surface area contributed by atoms with E-state index in [1.807, 2.05) is 6.07 Å². The predicted octanol–water partition coefficient (Wildman–Crippen LogP) is 1.99. The number of hydrogen-bond acceptors (Lipinski definition) is 5. The average molecular weight is 284 g/mol. The second-order valence-corrected chi connectivity index (χ2v) is 4.47. The number of carbonyl (C=O) groups is 1. The standard InChI is InChI=1S/C16H16N2O3/c1-21-16(20)15(9-12-4-6-14(19)7-5-12)18-11-13-3-2-8-17-10-13/h2-8,10-11,15,19H,9H2,1H3. The van der Waals surface area contributed by atoms with E-state index >= 15 is 0 Å². The van der Waals surface area contributed by atoms with Gasteiger partial charge in [0.15, 0.2) is 6.04 Å². The third kappa shape index (κ3) is 4.42. The van der Waals surface area contributed by atoms with Gasteiger partial charge in [-0.25, -0.2) is 4.79 Å². The number of methoxy groups -OCH3 is 1. The smallest absolute Gasteiger partial charge is 0.330 e. The maximum atomic E-state index is 11.8. The zero-order valence-corrected chi connectivity index (χ0v) is 11.6. The number of pyridine rings is 1. The van der Waals surface area contributed by atoms with Crippen molar-refractivity contribution in [2.45, 2.75) is 12.5 Å². The lowest BCUT2D eigenvalue weighted by Gasteiger charge is -2.10. The molecular formula is C16H16N2O3. The fourth-order valence-electron chi connectivity index (χ4n) is 1.82. The number of aromatic nitrogens is 1. The van der Waals surface area contributed by atoms with Gasteiger partial charge in [0, 0.05) is 30.6 Å². The van der Waals surface area contributed by atoms with Crippen LogP contribution in [0.15, 0.2) is 53.8 Å². The molecule has 108 valence electrons. The van der Waals surface area contributed by atoms with Crippen molar-refractivity contribution in [3.63, 3.8) is 0 Å². The first-order chi connectivity index (χ1) is 10.2. The number of esters is 1. The van der Waals surface area contributed by atoms with Gasteiger partial charge in [-0.05, 0) is 23.8 Å². The fraction of sp³-hybridized carbons (Fsp3) is 0.188. The Morgan fingerprint density at radius 3 is 2.76 bits per heavy atom. The Morgan fingerprint density at radius 1 is 1.38 bits per heavy atom. The Morgan fingerprint density at radius 2 is 2.14 bits per heavy atom. The average Bonchev–Trinajstić information content (AvgIpc) is 2.53. The quantitative estimate of drug-likeness (QED) is 0.673. The van der Waals surface area contributed by atoms with Crippen LogP contribution in [0.3, 0.4) is 0 Å². The zero-order valence-electron chi connectivity index (χ0n) is 11.6. The molecule has 0 saturated carbocycles. The number of aliphatic imine (C=N–C) groups is 1. The summed E-state index contributed by atoms with van der Waals surface area (Å²) in [5.74, 6) is -0.213. The van der Waals surface area contributed by atoms with E-state index < -0.39 is 12.0 Å². The van der Waals surface area contributed by atoms with Crippen LogP contribution in [0.2, 0.25) is 0 Å². The van der Waals surface area contributed by atoms with Gasteiger partial charge in [0.25, 0.3) is 0 Å². The predicted molar refractivity (Wildman–Crippen MR) is 79.4 cm³/mol. The van der Waals surface area contributed by atoms with Gasteiger partial charge in [0.05, 0.1) is 7.11 Å². The number of carbonyl (C=O) groups excluding carboxylic acids is 1. The molecule has 0 fully saturated rings. The molecule has 0 spiro atoms. The molecule has 1 atom stereocenters. The molecule has 5 heteroatoms. The highest BCUT2D eigenvalue weighted by Crippen LogP contribution is 2.13. The first-order valence-electron chi connectivity index (χ1n) is 6.48. The molecule has 1 aromatic heterocycles. The van der Waals surface area contributed by atoms with Crippen molar-refractivity contribution in [3.8, 4) is 5.75 Å². The third-order valence-electron chi connectivity index (χ3n) is 2.93. The van der Waals surface area contributed by atoms with Crippen LogP contribution < -0.4 is 0 Å². The van der Waals surface area contributed by atoms with Gasteiger partial charge in [-0.3, -0.25) is 9.98 Å². The molecule has 2 aromatic rings. The second kappa shape index (κ2) is 7.19. The van der Waals surface area contributed by atoms with Crippen LogP contribution in [-0.2, 0) is 16.0 Å². The summed E-state index contributed by atoms with van der Waals surface area (Å²) in [5, 5.41) is 9.27. The van der Waals surface area contributed by atoms with Crippen LogP contribution in [-0.4, -0.2) is 35.4 Å². The Bertz CT molecular complexity index is 609. The Hall–Kier alpha value is -2.69. The number of phenols is 1. The van der Waals surface area contributed by atoms with Gasteiger partial charge in [-0.1, -0.05) is 18.2 Å². The number of ether oxygens (including phenoxy) is 1. The van der Waals surface area contributed by atoms with Gasteiger partial charge < -0.3 is 9.84 Å². The molecule has 1 heterocycles. The number of phenolic OH excluding ortho intramolecular Hbond substituents is 1. The number of nitrogens with zero attached hydrogens (tertiary/aromatic N) is 2. The summed E-state index contributed by atoms with van der Waals surface area (Å²) in [5.41, 5.74) is 1.71. The van der Waals surface area contributed by atoms with E-state index in [1.165, 1.54) is 7.11 Å². The lowest BCUT2D eigenvalue weighted by atomic mass is 10.1. The first kappa shape index (κ1) is 14.7. The van der Waals surface area contributed by atoms with E-state index in [0.717, 1.165) is 11.1 Å². The SMILES string of the molecule is COC(=O)C(Cc1ccc(O)cc1)N=Cc1cccnc1. The summed E-state index contributed by atoms with van der Waals surface area (Å²) in [6.07, 6.45) is 5.35. The molecule has 0 saturated heterocycles. The lowest BCUT2D eigenvalue weighted by Crippen LogP contribution is -2.23. The van der Waals surface area contributed by atoms with Crippen LogP contribution in [0.1, 0.15) is 11.1 Å². The summed E-state index contributed by atoms with van der Waals surface area (Å²) >= 11 is 0. The maximum Gasteiger partial charge on any atom is 0.330 e. The summed E-state index contributed by atoms with van der Waals surface area (Å²) in [6, 6.07) is 9.69. The van der Waals surface area contributed by atoms with E-state index in [9.17, 15) is 9.90 Å². The number of hydrogen-bond donors (Lipinski definition) is 1. The van der Waals surface area contributed by atoms with Crippen LogP contribution in [0.5, 0.6) is 5.75 Å². The van der Waals surface area contributed by atoms with Gasteiger partial charge in [0.2, 0.25) is 0 Å². The van der Waals surface area contributed by atoms with Crippen LogP contribution >= 0.6 is 0 Å². The normalized spacial score (nSPS) is 12.2. The van der Waals surface area contributed by atoms with E-state index in [1.54, 1.807) is 48.9 Å². The van der Waals surface area contributed by atoms with Crippen molar-refractivity contribution < 1.29 is 14.6 Å². The third-order valence-corrected chi connectivity index (χ3v) is 2.93. The van der Waals surface area contributed by atoms with Crippen LogP contribution in [0.4, 0.5) is 0 Å². The monoisotopic (exact) mass is 284 g/mol. The summed E-state index contributed by atoms with van der Waals surface area (Å²) in [6.45, 7) is 0. The van der Waals surface area contributed by atoms with E-state index in [4.69, 9.17) is 4.74 Å². The molecule has 5 nitrogen and oxygen atoms in total. The highest BCUT2D eigenvalue weighted by atomic mass is 16.5. The molecule has 21 heavy (non-hydrogen) atoms. The van der Waals surface area contributed by atoms with Crippen molar-refractivity contribution in [3.05, 3.63) is 59.9 Å². The maximum absolute atomic E-state index is 11.8. The molecule has 0 radical (unpaired) electrons. The molecule has 1 N–H and O–H groups in total. The molecule has 0 aliphatic rings. The highest BCUT2D eigenvalue weighted by Gasteiger charge is 2.17. The minimum atomic E-state index is -0.625. The second-order valence-electron chi connectivity index (χ2n) is 4.47. The summed E-state index contributed by atoms with van der Waals surface area (Å²) in [4.78, 5) is 20.1. The summed E-state index contributed by atoms with van der Waals surface area (Å²) < 4.78 is 4.78. The first-order valence-corrected chi connectivity index (χ1v) is 6.48. The van der Waals surface area contributed by atoms with Crippen LogP contribution in [0, 0.1) is 0 Å². The number of aromatic hydroxyl groups is 1. The largest absolute Gasteiger partial charge is 0.508 e. The van der Waals surface area contributed by atoms with E-state index in [-0.39, 0.29) is 5.75 Å². The fourth-order valence-corrected chi connectivity index (χ4v) is 1.82. The minimum absolute atomic E-state index is 0.187. The zero-order chi connectivity index (χ0) is 15.1. The van der Waals surface area contributed by atoms with E-state index in [0.29, 0.717) is 6.42 Å². The molecule has 1 aromatic carbocycles. The molecule has 0 aliphatic carbocycles. The molecule has 0 bridgehead atoms. The van der Waals surface area contributed by atoms with Crippen molar-refractivity contribution in [2.75, 3.05) is 7.11 Å². The molecule has 0 aliphatic heterocycles. The highest BCUT2D eigenvalue weighted by molar-refractivity contribution is 5.83. The summed E-state index contributed by atoms with van der Waals surface area (Å²) in [7, 11) is 1.34. The van der Waals surface area contributed by atoms with Gasteiger partial charge >= 0.3 is 5.97 Å². The Kier molecular flexibility index (Phi) is 5.04. The van der Waals surface area contributed by atoms with Gasteiger partial charge in [-0.2, -0.15) is 0 Å². The van der Waals surface area contributed by atoms with E-state index in [2.05, 4.69) is 9.98 Å². The molecule has 0 amide bonds. The Balaban J connectivity index is 2.13. The van der Waals surface area contributed by atoms with Gasteiger partial charge in [-0.15, -0.1) is 0 Å². The molecule has 1 unspecified atom stereocenters. The Labute approximate surface area is 122 Å².